The van der Waals surface area contributed by atoms with Crippen LogP contribution < -0.4 is 5.32 Å². The van der Waals surface area contributed by atoms with Crippen LogP contribution in [0.1, 0.15) is 65.1 Å². The molecule has 0 amide bonds. The molecule has 1 aliphatic carbocycles. The normalized spacial score (nSPS) is 26.9. The van der Waals surface area contributed by atoms with Gasteiger partial charge in [-0.25, -0.2) is 0 Å². The molecule has 3 atom stereocenters. The molecule has 0 bridgehead atoms. The minimum Gasteiger partial charge on any atom is -0.392 e. The van der Waals surface area contributed by atoms with Crippen molar-refractivity contribution in [1.29, 1.82) is 0 Å². The van der Waals surface area contributed by atoms with E-state index in [1.54, 1.807) is 0 Å². The first-order valence-corrected chi connectivity index (χ1v) is 7.67. The summed E-state index contributed by atoms with van der Waals surface area (Å²) in [6, 6.07) is 9.62. The van der Waals surface area contributed by atoms with Gasteiger partial charge in [-0.3, -0.25) is 0 Å². The topological polar surface area (TPSA) is 32.3 Å². The Balaban J connectivity index is 2.02. The summed E-state index contributed by atoms with van der Waals surface area (Å²) in [5.41, 5.74) is 2.87. The van der Waals surface area contributed by atoms with E-state index < -0.39 is 0 Å². The Hall–Kier alpha value is -0.860. The molecule has 0 aromatic heterocycles. The van der Waals surface area contributed by atoms with Gasteiger partial charge in [0.15, 0.2) is 0 Å². The van der Waals surface area contributed by atoms with Gasteiger partial charge in [-0.2, -0.15) is 0 Å². The summed E-state index contributed by atoms with van der Waals surface area (Å²) in [6.07, 6.45) is 0.688. The number of aliphatic hydroxyl groups excluding tert-OH is 1. The Labute approximate surface area is 123 Å². The Morgan fingerprint density at radius 2 is 1.75 bits per heavy atom. The molecule has 2 N–H and O–H groups in total. The monoisotopic (exact) mass is 275 g/mol. The van der Waals surface area contributed by atoms with Crippen LogP contribution in [-0.2, 0) is 5.41 Å². The van der Waals surface area contributed by atoms with Crippen LogP contribution in [0.4, 0.5) is 0 Å². The molecule has 0 aliphatic heterocycles. The van der Waals surface area contributed by atoms with Gasteiger partial charge in [0.2, 0.25) is 0 Å². The highest BCUT2D eigenvalue weighted by Gasteiger charge is 2.47. The highest BCUT2D eigenvalue weighted by Crippen LogP contribution is 2.41. The number of benzene rings is 1. The molecule has 112 valence electrons. The van der Waals surface area contributed by atoms with E-state index in [1.165, 1.54) is 11.1 Å². The van der Waals surface area contributed by atoms with Crippen LogP contribution in [0, 0.1) is 5.41 Å². The molecule has 2 rings (SSSR count). The van der Waals surface area contributed by atoms with Gasteiger partial charge in [0.25, 0.3) is 0 Å². The molecular formula is C18H29NO. The number of nitrogens with one attached hydrogen (secondary N) is 1. The molecule has 0 heterocycles. The van der Waals surface area contributed by atoms with Gasteiger partial charge in [0, 0.05) is 17.5 Å². The van der Waals surface area contributed by atoms with Crippen molar-refractivity contribution in [1.82, 2.24) is 5.32 Å². The van der Waals surface area contributed by atoms with Gasteiger partial charge in [0.1, 0.15) is 0 Å². The van der Waals surface area contributed by atoms with Crippen molar-refractivity contribution in [3.63, 3.8) is 0 Å². The maximum Gasteiger partial charge on any atom is 0.0621 e. The average molecular weight is 275 g/mol. The lowest BCUT2D eigenvalue weighted by atomic mass is 9.64. The third-order valence-electron chi connectivity index (χ3n) is 4.94. The van der Waals surface area contributed by atoms with Crippen LogP contribution >= 0.6 is 0 Å². The SMILES string of the molecule is CC(NC1CC(O)C1(C)C)c1ccc(C(C)(C)C)cc1. The molecule has 1 saturated carbocycles. The van der Waals surface area contributed by atoms with Crippen molar-refractivity contribution in [2.75, 3.05) is 0 Å². The van der Waals surface area contributed by atoms with Crippen molar-refractivity contribution in [2.45, 2.75) is 71.6 Å². The highest BCUT2D eigenvalue weighted by atomic mass is 16.3. The lowest BCUT2D eigenvalue weighted by Crippen LogP contribution is -2.60. The second-order valence-corrected chi connectivity index (χ2v) is 7.89. The Morgan fingerprint density at radius 3 is 2.15 bits per heavy atom. The van der Waals surface area contributed by atoms with Crippen LogP contribution in [-0.4, -0.2) is 17.3 Å². The second kappa shape index (κ2) is 5.16. The number of hydrogen-bond acceptors (Lipinski definition) is 2. The lowest BCUT2D eigenvalue weighted by Gasteiger charge is -2.50. The smallest absolute Gasteiger partial charge is 0.0621 e. The fourth-order valence-corrected chi connectivity index (χ4v) is 2.86. The summed E-state index contributed by atoms with van der Waals surface area (Å²) in [5, 5.41) is 13.5. The van der Waals surface area contributed by atoms with E-state index in [1.807, 2.05) is 0 Å². The summed E-state index contributed by atoms with van der Waals surface area (Å²) in [5.74, 6) is 0. The zero-order valence-electron chi connectivity index (χ0n) is 13.7. The lowest BCUT2D eigenvalue weighted by molar-refractivity contribution is -0.0754. The first-order valence-electron chi connectivity index (χ1n) is 7.67. The second-order valence-electron chi connectivity index (χ2n) is 7.89. The van der Waals surface area contributed by atoms with E-state index in [0.29, 0.717) is 12.1 Å². The summed E-state index contributed by atoms with van der Waals surface area (Å²) in [7, 11) is 0. The Kier molecular flexibility index (Phi) is 4.01. The highest BCUT2D eigenvalue weighted by molar-refractivity contribution is 5.29. The zero-order chi connectivity index (χ0) is 15.1. The fourth-order valence-electron chi connectivity index (χ4n) is 2.86. The molecule has 0 radical (unpaired) electrons. The minimum atomic E-state index is -0.171. The van der Waals surface area contributed by atoms with E-state index in [2.05, 4.69) is 71.1 Å². The van der Waals surface area contributed by atoms with Crippen molar-refractivity contribution >= 4 is 0 Å². The average Bonchev–Trinajstić information content (AvgIpc) is 2.37. The van der Waals surface area contributed by atoms with Gasteiger partial charge in [-0.15, -0.1) is 0 Å². The molecule has 1 fully saturated rings. The molecule has 0 saturated heterocycles. The van der Waals surface area contributed by atoms with E-state index >= 15 is 0 Å². The molecule has 1 aliphatic rings. The maximum absolute atomic E-state index is 9.82. The predicted octanol–water partition coefficient (Wildman–Crippen LogP) is 3.79. The van der Waals surface area contributed by atoms with Crippen molar-refractivity contribution in [3.05, 3.63) is 35.4 Å². The Bertz CT molecular complexity index is 455. The van der Waals surface area contributed by atoms with E-state index in [0.717, 1.165) is 6.42 Å². The third-order valence-corrected chi connectivity index (χ3v) is 4.94. The first kappa shape index (κ1) is 15.5. The predicted molar refractivity (Wildman–Crippen MR) is 84.9 cm³/mol. The van der Waals surface area contributed by atoms with Crippen LogP contribution in [0.5, 0.6) is 0 Å². The molecule has 2 heteroatoms. The number of rotatable bonds is 3. The molecule has 1 aromatic rings. The largest absolute Gasteiger partial charge is 0.392 e. The summed E-state index contributed by atoms with van der Waals surface area (Å²) >= 11 is 0. The molecule has 2 nitrogen and oxygen atoms in total. The van der Waals surface area contributed by atoms with Gasteiger partial charge in [0.05, 0.1) is 6.10 Å². The third kappa shape index (κ3) is 2.91. The molecule has 1 aromatic carbocycles. The minimum absolute atomic E-state index is 0.0143. The standard InChI is InChI=1S/C18H29NO/c1-12(19-15-11-16(20)18(15,5)6)13-7-9-14(10-8-13)17(2,3)4/h7-10,12,15-16,19-20H,11H2,1-6H3. The fraction of sp³-hybridized carbons (Fsp3) is 0.667. The van der Waals surface area contributed by atoms with Crippen LogP contribution in [0.15, 0.2) is 24.3 Å². The first-order chi connectivity index (χ1) is 9.12. The Morgan fingerprint density at radius 1 is 1.20 bits per heavy atom. The summed E-state index contributed by atoms with van der Waals surface area (Å²) < 4.78 is 0. The van der Waals surface area contributed by atoms with Gasteiger partial charge >= 0.3 is 0 Å². The van der Waals surface area contributed by atoms with E-state index in [-0.39, 0.29) is 16.9 Å². The maximum atomic E-state index is 9.82. The zero-order valence-corrected chi connectivity index (χ0v) is 13.7. The number of hydrogen-bond donors (Lipinski definition) is 2. The van der Waals surface area contributed by atoms with Crippen molar-refractivity contribution in [3.8, 4) is 0 Å². The van der Waals surface area contributed by atoms with Crippen LogP contribution in [0.3, 0.4) is 0 Å². The summed E-state index contributed by atoms with van der Waals surface area (Å²) in [6.45, 7) is 13.2. The van der Waals surface area contributed by atoms with Crippen molar-refractivity contribution in [2.24, 2.45) is 5.41 Å². The van der Waals surface area contributed by atoms with Crippen molar-refractivity contribution < 1.29 is 5.11 Å². The molecule has 3 unspecified atom stereocenters. The molecule has 0 spiro atoms. The summed E-state index contributed by atoms with van der Waals surface area (Å²) in [4.78, 5) is 0. The van der Waals surface area contributed by atoms with Gasteiger partial charge < -0.3 is 10.4 Å². The number of aliphatic hydroxyl groups is 1. The van der Waals surface area contributed by atoms with Crippen LogP contribution in [0.25, 0.3) is 0 Å². The van der Waals surface area contributed by atoms with E-state index in [4.69, 9.17) is 0 Å². The molecule has 20 heavy (non-hydrogen) atoms. The van der Waals surface area contributed by atoms with E-state index in [9.17, 15) is 5.11 Å². The van der Waals surface area contributed by atoms with Gasteiger partial charge in [-0.1, -0.05) is 58.9 Å². The molecular weight excluding hydrogens is 246 g/mol. The van der Waals surface area contributed by atoms with Crippen LogP contribution in [0.2, 0.25) is 0 Å². The quantitative estimate of drug-likeness (QED) is 0.879. The van der Waals surface area contributed by atoms with Gasteiger partial charge in [-0.05, 0) is 29.9 Å².